The van der Waals surface area contributed by atoms with Crippen molar-refractivity contribution in [2.45, 2.75) is 37.5 Å². The molecule has 0 spiro atoms. The number of H-pyrrole nitrogens is 1. The van der Waals surface area contributed by atoms with Crippen LogP contribution in [0.25, 0.3) is 0 Å². The normalized spacial score (nSPS) is 24.6. The van der Waals surface area contributed by atoms with Gasteiger partial charge in [-0.3, -0.25) is 4.90 Å². The Labute approximate surface area is 172 Å². The predicted molar refractivity (Wildman–Crippen MR) is 110 cm³/mol. The number of nitrogen functional groups attached to an aromatic ring is 1. The van der Waals surface area contributed by atoms with Gasteiger partial charge in [-0.25, -0.2) is 9.49 Å². The highest BCUT2D eigenvalue weighted by molar-refractivity contribution is 9.10. The Balaban J connectivity index is 1.42. The predicted octanol–water partition coefficient (Wildman–Crippen LogP) is 2.40. The topological polar surface area (TPSA) is 83.3 Å². The average molecular weight is 453 g/mol. The highest BCUT2D eigenvalue weighted by Gasteiger charge is 2.35. The maximum absolute atomic E-state index is 13.3. The molecule has 2 aliphatic rings. The first-order valence-corrected chi connectivity index (χ1v) is 10.5. The van der Waals surface area contributed by atoms with E-state index in [1.165, 1.54) is 5.56 Å². The van der Waals surface area contributed by atoms with Crippen molar-refractivity contribution in [1.29, 1.82) is 0 Å². The number of hydrogen-bond acceptors (Lipinski definition) is 6. The lowest BCUT2D eigenvalue weighted by Gasteiger charge is -2.46. The minimum atomic E-state index is -0.434. The lowest BCUT2D eigenvalue weighted by Crippen LogP contribution is -2.57. The Morgan fingerprint density at radius 1 is 1.25 bits per heavy atom. The number of benzene rings is 1. The number of aromatic amines is 1. The third kappa shape index (κ3) is 4.47. The Bertz CT molecular complexity index is 764. The lowest BCUT2D eigenvalue weighted by atomic mass is 9.96. The Morgan fingerprint density at radius 3 is 2.64 bits per heavy atom. The molecule has 0 saturated carbocycles. The van der Waals surface area contributed by atoms with Crippen molar-refractivity contribution < 1.29 is 9.13 Å². The molecule has 2 atom stereocenters. The Kier molecular flexibility index (Phi) is 6.13. The third-order valence-electron chi connectivity index (χ3n) is 5.67. The van der Waals surface area contributed by atoms with Crippen molar-refractivity contribution in [1.82, 2.24) is 20.1 Å². The summed E-state index contributed by atoms with van der Waals surface area (Å²) in [6.45, 7) is 2.52. The third-order valence-corrected chi connectivity index (χ3v) is 6.20. The van der Waals surface area contributed by atoms with Crippen LogP contribution in [0.15, 0.2) is 28.7 Å². The van der Waals surface area contributed by atoms with E-state index in [4.69, 9.17) is 10.5 Å². The first kappa shape index (κ1) is 19.6. The van der Waals surface area contributed by atoms with E-state index in [0.717, 1.165) is 36.8 Å². The standard InChI is InChI=1S/C19H26BrFN6O/c20-14-3-1-13(2-4-14)9-16-12-28-17(10-21)11-27(16)15-5-7-26(8-6-15)19-23-18(22)24-25-19/h1-4,15-17H,5-12H2,(H3,22,23,24,25). The molecule has 2 saturated heterocycles. The van der Waals surface area contributed by atoms with Gasteiger partial charge in [0, 0.05) is 36.2 Å². The van der Waals surface area contributed by atoms with Crippen LogP contribution in [0, 0.1) is 0 Å². The molecule has 1 aromatic carbocycles. The molecule has 3 heterocycles. The summed E-state index contributed by atoms with van der Waals surface area (Å²) in [6.07, 6.45) is 2.56. The van der Waals surface area contributed by atoms with Crippen molar-refractivity contribution in [2.24, 2.45) is 0 Å². The average Bonchev–Trinajstić information content (AvgIpc) is 3.16. The first-order valence-electron chi connectivity index (χ1n) is 9.73. The molecule has 0 radical (unpaired) electrons. The number of hydrogen-bond donors (Lipinski definition) is 2. The van der Waals surface area contributed by atoms with Crippen molar-refractivity contribution in [2.75, 3.05) is 43.5 Å². The van der Waals surface area contributed by atoms with Gasteiger partial charge in [-0.1, -0.05) is 28.1 Å². The van der Waals surface area contributed by atoms with Gasteiger partial charge in [0.2, 0.25) is 11.9 Å². The van der Waals surface area contributed by atoms with E-state index in [1.54, 1.807) is 0 Å². The summed E-state index contributed by atoms with van der Waals surface area (Å²) >= 11 is 3.49. The molecule has 2 aliphatic heterocycles. The molecule has 3 N–H and O–H groups in total. The van der Waals surface area contributed by atoms with Gasteiger partial charge in [0.25, 0.3) is 0 Å². The second-order valence-corrected chi connectivity index (χ2v) is 8.45. The molecule has 0 aliphatic carbocycles. The summed E-state index contributed by atoms with van der Waals surface area (Å²) < 4.78 is 20.2. The molecular formula is C19H26BrFN6O. The van der Waals surface area contributed by atoms with E-state index in [0.29, 0.717) is 31.1 Å². The summed E-state index contributed by atoms with van der Waals surface area (Å²) in [4.78, 5) is 8.85. The molecule has 2 aromatic rings. The summed E-state index contributed by atoms with van der Waals surface area (Å²) in [5.74, 6) is 0.997. The maximum atomic E-state index is 13.3. The van der Waals surface area contributed by atoms with Crippen LogP contribution in [0.5, 0.6) is 0 Å². The minimum absolute atomic E-state index is 0.264. The number of alkyl halides is 1. The molecule has 1 aromatic heterocycles. The van der Waals surface area contributed by atoms with Crippen LogP contribution in [-0.2, 0) is 11.2 Å². The number of nitrogens with zero attached hydrogens (tertiary/aromatic N) is 4. The summed E-state index contributed by atoms with van der Waals surface area (Å²) in [5.41, 5.74) is 6.92. The van der Waals surface area contributed by atoms with Gasteiger partial charge in [0.05, 0.1) is 12.7 Å². The van der Waals surface area contributed by atoms with Crippen molar-refractivity contribution in [3.63, 3.8) is 0 Å². The van der Waals surface area contributed by atoms with E-state index in [2.05, 4.69) is 65.2 Å². The molecule has 28 heavy (non-hydrogen) atoms. The van der Waals surface area contributed by atoms with Gasteiger partial charge < -0.3 is 15.4 Å². The lowest BCUT2D eigenvalue weighted by molar-refractivity contribution is -0.0885. The van der Waals surface area contributed by atoms with E-state index in [1.807, 2.05) is 0 Å². The molecule has 7 nitrogen and oxygen atoms in total. The number of rotatable bonds is 5. The zero-order chi connectivity index (χ0) is 19.5. The summed E-state index contributed by atoms with van der Waals surface area (Å²) in [7, 11) is 0. The fraction of sp³-hybridized carbons (Fsp3) is 0.579. The van der Waals surface area contributed by atoms with Crippen molar-refractivity contribution >= 4 is 27.8 Å². The fourth-order valence-corrected chi connectivity index (χ4v) is 4.46. The van der Waals surface area contributed by atoms with Crippen LogP contribution in [0.3, 0.4) is 0 Å². The first-order chi connectivity index (χ1) is 13.6. The van der Waals surface area contributed by atoms with E-state index in [9.17, 15) is 4.39 Å². The van der Waals surface area contributed by atoms with E-state index >= 15 is 0 Å². The second kappa shape index (κ2) is 8.75. The number of halogens is 2. The van der Waals surface area contributed by atoms with Gasteiger partial charge >= 0.3 is 0 Å². The van der Waals surface area contributed by atoms with Crippen molar-refractivity contribution in [3.05, 3.63) is 34.3 Å². The maximum Gasteiger partial charge on any atom is 0.246 e. The molecule has 2 fully saturated rings. The number of anilines is 2. The zero-order valence-electron chi connectivity index (χ0n) is 15.7. The van der Waals surface area contributed by atoms with Crippen molar-refractivity contribution in [3.8, 4) is 0 Å². The molecule has 152 valence electrons. The zero-order valence-corrected chi connectivity index (χ0v) is 17.3. The highest BCUT2D eigenvalue weighted by atomic mass is 79.9. The number of nitrogens with one attached hydrogen (secondary N) is 1. The van der Waals surface area contributed by atoms with E-state index in [-0.39, 0.29) is 12.1 Å². The van der Waals surface area contributed by atoms with E-state index < -0.39 is 6.67 Å². The quantitative estimate of drug-likeness (QED) is 0.724. The Morgan fingerprint density at radius 2 is 2.00 bits per heavy atom. The van der Waals surface area contributed by atoms with Gasteiger partial charge in [-0.15, -0.1) is 5.10 Å². The molecule has 2 unspecified atom stereocenters. The smallest absolute Gasteiger partial charge is 0.246 e. The highest BCUT2D eigenvalue weighted by Crippen LogP contribution is 2.26. The molecular weight excluding hydrogens is 427 g/mol. The van der Waals surface area contributed by atoms with Crippen LogP contribution in [-0.4, -0.2) is 71.2 Å². The number of piperidine rings is 1. The Hall–Kier alpha value is -1.71. The van der Waals surface area contributed by atoms with Crippen LogP contribution in [0.4, 0.5) is 16.3 Å². The molecule has 9 heteroatoms. The van der Waals surface area contributed by atoms with Crippen LogP contribution in [0.1, 0.15) is 18.4 Å². The van der Waals surface area contributed by atoms with Crippen LogP contribution in [0.2, 0.25) is 0 Å². The van der Waals surface area contributed by atoms with Crippen LogP contribution < -0.4 is 10.6 Å². The molecule has 4 rings (SSSR count). The van der Waals surface area contributed by atoms with Gasteiger partial charge in [-0.2, -0.15) is 4.98 Å². The largest absolute Gasteiger partial charge is 0.373 e. The number of morpholine rings is 1. The van der Waals surface area contributed by atoms with Gasteiger partial charge in [0.1, 0.15) is 6.67 Å². The SMILES string of the molecule is Nc1nc(N2CCC(N3CC(CF)OCC3Cc3ccc(Br)cc3)CC2)n[nH]1. The number of aromatic nitrogens is 3. The monoisotopic (exact) mass is 452 g/mol. The van der Waals surface area contributed by atoms with Gasteiger partial charge in [-0.05, 0) is 37.0 Å². The summed E-state index contributed by atoms with van der Waals surface area (Å²) in [6, 6.07) is 9.08. The van der Waals surface area contributed by atoms with Crippen LogP contribution >= 0.6 is 15.9 Å². The second-order valence-electron chi connectivity index (χ2n) is 7.53. The molecule has 0 amide bonds. The number of nitrogens with two attached hydrogens (primary N) is 1. The fourth-order valence-electron chi connectivity index (χ4n) is 4.19. The molecule has 0 bridgehead atoms. The number of ether oxygens (including phenoxy) is 1. The van der Waals surface area contributed by atoms with Gasteiger partial charge in [0.15, 0.2) is 0 Å². The minimum Gasteiger partial charge on any atom is -0.373 e. The summed E-state index contributed by atoms with van der Waals surface area (Å²) in [5, 5.41) is 6.85.